The van der Waals surface area contributed by atoms with Crippen molar-refractivity contribution < 1.29 is 4.39 Å². The fourth-order valence-electron chi connectivity index (χ4n) is 1.09. The Morgan fingerprint density at radius 2 is 1.82 bits per heavy atom. The van der Waals surface area contributed by atoms with Gasteiger partial charge >= 0.3 is 0 Å². The second-order valence-corrected chi connectivity index (χ2v) is 2.44. The molecule has 1 nitrogen and oxygen atoms in total. The molecule has 0 aliphatic heterocycles. The minimum atomic E-state index is -0.393. The molecule has 0 bridgehead atoms. The van der Waals surface area contributed by atoms with Crippen LogP contribution in [0.15, 0.2) is 24.3 Å². The summed E-state index contributed by atoms with van der Waals surface area (Å²) in [5, 5.41) is 0. The van der Waals surface area contributed by atoms with E-state index in [1.54, 1.807) is 6.07 Å². The van der Waals surface area contributed by atoms with E-state index in [1.807, 2.05) is 18.2 Å². The largest absolute Gasteiger partial charge is 0.330 e. The molecule has 0 atom stereocenters. The van der Waals surface area contributed by atoms with Crippen LogP contribution in [0.1, 0.15) is 11.1 Å². The van der Waals surface area contributed by atoms with Crippen molar-refractivity contribution in [2.75, 3.05) is 6.54 Å². The first kappa shape index (κ1) is 8.21. The maximum absolute atomic E-state index is 12.3. The number of benzene rings is 1. The average molecular weight is 152 g/mol. The molecule has 0 aliphatic carbocycles. The normalized spacial score (nSPS) is 10.0. The smallest absolute Gasteiger partial charge is 0.115 e. The van der Waals surface area contributed by atoms with E-state index in [-0.39, 0.29) is 0 Å². The van der Waals surface area contributed by atoms with Gasteiger partial charge in [0.25, 0.3) is 0 Å². The minimum Gasteiger partial charge on any atom is -0.330 e. The lowest BCUT2D eigenvalue weighted by atomic mass is 10.1. The van der Waals surface area contributed by atoms with E-state index in [1.165, 1.54) is 0 Å². The molecule has 0 aromatic heterocycles. The van der Waals surface area contributed by atoms with Crippen molar-refractivity contribution in [1.29, 1.82) is 0 Å². The highest BCUT2D eigenvalue weighted by Gasteiger charge is 1.98. The zero-order chi connectivity index (χ0) is 8.10. The SMILES string of the molecule is NCCc1ccccc1C[18F]. The van der Waals surface area contributed by atoms with Crippen LogP contribution in [0.4, 0.5) is 4.39 Å². The Hall–Kier alpha value is -0.890. The van der Waals surface area contributed by atoms with Crippen LogP contribution in [-0.4, -0.2) is 6.54 Å². The fraction of sp³-hybridized carbons (Fsp3) is 0.333. The molecule has 0 fully saturated rings. The molecule has 0 radical (unpaired) electrons. The summed E-state index contributed by atoms with van der Waals surface area (Å²) < 4.78 is 12.3. The average Bonchev–Trinajstić information content (AvgIpc) is 2.06. The van der Waals surface area contributed by atoms with E-state index in [2.05, 4.69) is 0 Å². The second-order valence-electron chi connectivity index (χ2n) is 2.44. The topological polar surface area (TPSA) is 26.0 Å². The summed E-state index contributed by atoms with van der Waals surface area (Å²) in [6, 6.07) is 7.46. The summed E-state index contributed by atoms with van der Waals surface area (Å²) in [6.07, 6.45) is 0.764. The quantitative estimate of drug-likeness (QED) is 0.700. The maximum atomic E-state index is 12.3. The number of halogens is 1. The lowest BCUT2D eigenvalue weighted by Gasteiger charge is -2.02. The molecule has 0 heterocycles. The summed E-state index contributed by atoms with van der Waals surface area (Å²) in [4.78, 5) is 0. The van der Waals surface area contributed by atoms with Gasteiger partial charge in [-0.25, -0.2) is 4.39 Å². The van der Waals surface area contributed by atoms with Crippen molar-refractivity contribution in [3.05, 3.63) is 35.4 Å². The van der Waals surface area contributed by atoms with E-state index >= 15 is 0 Å². The maximum Gasteiger partial charge on any atom is 0.115 e. The van der Waals surface area contributed by atoms with Crippen molar-refractivity contribution in [3.63, 3.8) is 0 Å². The number of nitrogens with two attached hydrogens (primary N) is 1. The first-order chi connectivity index (χ1) is 5.38. The third-order valence-corrected chi connectivity index (χ3v) is 1.68. The highest BCUT2D eigenvalue weighted by molar-refractivity contribution is 5.26. The van der Waals surface area contributed by atoms with E-state index in [0.29, 0.717) is 6.54 Å². The third-order valence-electron chi connectivity index (χ3n) is 1.68. The molecule has 1 aromatic rings. The van der Waals surface area contributed by atoms with E-state index in [0.717, 1.165) is 17.5 Å². The molecule has 60 valence electrons. The summed E-state index contributed by atoms with van der Waals surface area (Å²) >= 11 is 0. The Morgan fingerprint density at radius 1 is 1.18 bits per heavy atom. The van der Waals surface area contributed by atoms with Gasteiger partial charge in [0.1, 0.15) is 6.67 Å². The molecule has 2 N–H and O–H groups in total. The van der Waals surface area contributed by atoms with Crippen LogP contribution >= 0.6 is 0 Å². The predicted octanol–water partition coefficient (Wildman–Crippen LogP) is 1.66. The standard InChI is InChI=1S/C9H12FN/c10-7-9-4-2-1-3-8(9)5-6-11/h1-4H,5-7,11H2/i10-1. The second kappa shape index (κ2) is 4.09. The molecule has 0 saturated carbocycles. The molecule has 0 spiro atoms. The van der Waals surface area contributed by atoms with Crippen LogP contribution < -0.4 is 5.73 Å². The first-order valence-electron chi connectivity index (χ1n) is 3.71. The lowest BCUT2D eigenvalue weighted by molar-refractivity contribution is 0.482. The van der Waals surface area contributed by atoms with Crippen LogP contribution in [0.25, 0.3) is 0 Å². The van der Waals surface area contributed by atoms with Gasteiger partial charge in [-0.3, -0.25) is 0 Å². The molecule has 2 heteroatoms. The Bertz CT molecular complexity index is 223. The Balaban J connectivity index is 2.83. The van der Waals surface area contributed by atoms with Gasteiger partial charge < -0.3 is 5.73 Å². The van der Waals surface area contributed by atoms with Gasteiger partial charge in [-0.05, 0) is 24.1 Å². The van der Waals surface area contributed by atoms with Gasteiger partial charge in [0.2, 0.25) is 0 Å². The summed E-state index contributed by atoms with van der Waals surface area (Å²) in [6.45, 7) is 0.188. The van der Waals surface area contributed by atoms with Crippen molar-refractivity contribution in [3.8, 4) is 0 Å². The van der Waals surface area contributed by atoms with Crippen molar-refractivity contribution in [2.45, 2.75) is 13.1 Å². The van der Waals surface area contributed by atoms with Gasteiger partial charge in [0.05, 0.1) is 0 Å². The summed E-state index contributed by atoms with van der Waals surface area (Å²) in [5.74, 6) is 0. The first-order valence-corrected chi connectivity index (χ1v) is 3.71. The number of hydrogen-bond donors (Lipinski definition) is 1. The number of rotatable bonds is 3. The predicted molar refractivity (Wildman–Crippen MR) is 44.0 cm³/mol. The van der Waals surface area contributed by atoms with Crippen molar-refractivity contribution in [1.82, 2.24) is 0 Å². The van der Waals surface area contributed by atoms with Crippen LogP contribution in [0.5, 0.6) is 0 Å². The molecule has 1 aromatic carbocycles. The number of hydrogen-bond acceptors (Lipinski definition) is 1. The monoisotopic (exact) mass is 152 g/mol. The minimum absolute atomic E-state index is 0.393. The molecule has 0 aliphatic rings. The Kier molecular flexibility index (Phi) is 3.05. The van der Waals surface area contributed by atoms with Gasteiger partial charge in [-0.2, -0.15) is 0 Å². The van der Waals surface area contributed by atoms with Gasteiger partial charge in [-0.15, -0.1) is 0 Å². The summed E-state index contributed by atoms with van der Waals surface area (Å²) in [7, 11) is 0. The molecule has 11 heavy (non-hydrogen) atoms. The van der Waals surface area contributed by atoms with Gasteiger partial charge in [0, 0.05) is 0 Å². The zero-order valence-corrected chi connectivity index (χ0v) is 6.39. The van der Waals surface area contributed by atoms with Gasteiger partial charge in [0.15, 0.2) is 0 Å². The Morgan fingerprint density at radius 3 is 2.36 bits per heavy atom. The van der Waals surface area contributed by atoms with Crippen LogP contribution in [0.2, 0.25) is 0 Å². The molecular formula is C9H12FN. The van der Waals surface area contributed by atoms with Crippen LogP contribution in [-0.2, 0) is 13.1 Å². The van der Waals surface area contributed by atoms with Crippen molar-refractivity contribution in [2.24, 2.45) is 5.73 Å². The summed E-state index contributed by atoms with van der Waals surface area (Å²) in [5.41, 5.74) is 7.15. The lowest BCUT2D eigenvalue weighted by Crippen LogP contribution is -2.04. The zero-order valence-electron chi connectivity index (χ0n) is 6.39. The fourth-order valence-corrected chi connectivity index (χ4v) is 1.09. The van der Waals surface area contributed by atoms with E-state index in [4.69, 9.17) is 5.73 Å². The van der Waals surface area contributed by atoms with Crippen LogP contribution in [0.3, 0.4) is 0 Å². The third kappa shape index (κ3) is 2.02. The van der Waals surface area contributed by atoms with Gasteiger partial charge in [-0.1, -0.05) is 24.3 Å². The van der Waals surface area contributed by atoms with E-state index in [9.17, 15) is 4.39 Å². The molecular weight excluding hydrogens is 140 g/mol. The Labute approximate surface area is 66.0 Å². The van der Waals surface area contributed by atoms with Crippen molar-refractivity contribution >= 4 is 0 Å². The van der Waals surface area contributed by atoms with E-state index < -0.39 is 6.67 Å². The molecule has 0 amide bonds. The van der Waals surface area contributed by atoms with Crippen LogP contribution in [0, 0.1) is 0 Å². The number of alkyl halides is 1. The molecule has 0 unspecified atom stereocenters. The highest BCUT2D eigenvalue weighted by Crippen LogP contribution is 2.09. The highest BCUT2D eigenvalue weighted by atomic mass is 18.2. The molecule has 1 rings (SSSR count). The molecule has 0 saturated heterocycles.